The van der Waals surface area contributed by atoms with Crippen molar-refractivity contribution in [2.45, 2.75) is 6.92 Å². The van der Waals surface area contributed by atoms with Crippen molar-refractivity contribution in [2.75, 3.05) is 0 Å². The Morgan fingerprint density at radius 2 is 1.58 bits per heavy atom. The Bertz CT molecular complexity index is 687. The van der Waals surface area contributed by atoms with Gasteiger partial charge in [-0.25, -0.2) is 4.39 Å². The lowest BCUT2D eigenvalue weighted by Crippen LogP contribution is -1.84. The van der Waals surface area contributed by atoms with Gasteiger partial charge in [0.25, 0.3) is 0 Å². The van der Waals surface area contributed by atoms with Crippen LogP contribution in [0.15, 0.2) is 59.1 Å². The van der Waals surface area contributed by atoms with Gasteiger partial charge < -0.3 is 4.52 Å². The van der Waals surface area contributed by atoms with E-state index in [1.807, 2.05) is 37.3 Å². The minimum absolute atomic E-state index is 0.251. The summed E-state index contributed by atoms with van der Waals surface area (Å²) < 4.78 is 18.3. The Hall–Kier alpha value is -2.42. The number of hydrogen-bond donors (Lipinski definition) is 0. The highest BCUT2D eigenvalue weighted by atomic mass is 19.1. The molecule has 1 aromatic heterocycles. The summed E-state index contributed by atoms with van der Waals surface area (Å²) in [5.74, 6) is 0.476. The third kappa shape index (κ3) is 2.15. The van der Waals surface area contributed by atoms with Gasteiger partial charge in [0.05, 0.1) is 5.56 Å². The summed E-state index contributed by atoms with van der Waals surface area (Å²) in [6.45, 7) is 1.86. The molecule has 0 aliphatic heterocycles. The molecule has 3 heteroatoms. The number of aryl methyl sites for hydroxylation is 1. The van der Waals surface area contributed by atoms with Gasteiger partial charge in [0, 0.05) is 5.56 Å². The molecule has 94 valence electrons. The van der Waals surface area contributed by atoms with Crippen molar-refractivity contribution in [3.05, 3.63) is 66.2 Å². The summed E-state index contributed by atoms with van der Waals surface area (Å²) >= 11 is 0. The van der Waals surface area contributed by atoms with Crippen LogP contribution < -0.4 is 0 Å². The number of hydrogen-bond acceptors (Lipinski definition) is 2. The van der Waals surface area contributed by atoms with E-state index in [0.29, 0.717) is 0 Å². The van der Waals surface area contributed by atoms with Gasteiger partial charge in [-0.15, -0.1) is 0 Å². The average molecular weight is 253 g/mol. The van der Waals surface area contributed by atoms with Crippen LogP contribution in [0.3, 0.4) is 0 Å². The quantitative estimate of drug-likeness (QED) is 0.674. The molecule has 0 aliphatic carbocycles. The third-order valence-electron chi connectivity index (χ3n) is 3.04. The van der Waals surface area contributed by atoms with Crippen LogP contribution in [-0.2, 0) is 0 Å². The summed E-state index contributed by atoms with van der Waals surface area (Å²) in [5, 5.41) is 4.12. The van der Waals surface area contributed by atoms with Crippen molar-refractivity contribution < 1.29 is 8.91 Å². The maximum atomic E-state index is 13.0. The van der Waals surface area contributed by atoms with Gasteiger partial charge in [0.15, 0.2) is 0 Å². The first-order valence-corrected chi connectivity index (χ1v) is 6.03. The second-order valence-corrected chi connectivity index (χ2v) is 4.34. The zero-order valence-corrected chi connectivity index (χ0v) is 10.4. The normalized spacial score (nSPS) is 10.6. The molecule has 0 atom stereocenters. The first-order chi connectivity index (χ1) is 9.25. The standard InChI is InChI=1S/C16H12FNO/c1-11-15(12-7-9-14(17)10-8-12)16(18-19-11)13-5-3-2-4-6-13/h2-10H,1H3. The molecule has 0 bridgehead atoms. The molecule has 3 rings (SSSR count). The molecule has 0 amide bonds. The number of benzene rings is 2. The molecule has 2 nitrogen and oxygen atoms in total. The van der Waals surface area contributed by atoms with Crippen molar-refractivity contribution in [3.63, 3.8) is 0 Å². The van der Waals surface area contributed by atoms with E-state index in [1.165, 1.54) is 12.1 Å². The van der Waals surface area contributed by atoms with E-state index >= 15 is 0 Å². The van der Waals surface area contributed by atoms with Crippen LogP contribution in [0.4, 0.5) is 4.39 Å². The minimum Gasteiger partial charge on any atom is -0.360 e. The van der Waals surface area contributed by atoms with Crippen molar-refractivity contribution in [3.8, 4) is 22.4 Å². The highest BCUT2D eigenvalue weighted by molar-refractivity contribution is 5.81. The van der Waals surface area contributed by atoms with Crippen molar-refractivity contribution in [1.29, 1.82) is 0 Å². The van der Waals surface area contributed by atoms with Crippen LogP contribution in [0.5, 0.6) is 0 Å². The van der Waals surface area contributed by atoms with Gasteiger partial charge in [-0.3, -0.25) is 0 Å². The molecule has 0 N–H and O–H groups in total. The summed E-state index contributed by atoms with van der Waals surface area (Å²) in [6, 6.07) is 16.2. The Morgan fingerprint density at radius 1 is 0.895 bits per heavy atom. The fourth-order valence-electron chi connectivity index (χ4n) is 2.12. The van der Waals surface area contributed by atoms with Crippen LogP contribution in [0.25, 0.3) is 22.4 Å². The van der Waals surface area contributed by atoms with Crippen LogP contribution in [0.2, 0.25) is 0 Å². The van der Waals surface area contributed by atoms with Crippen LogP contribution in [0, 0.1) is 12.7 Å². The molecule has 3 aromatic rings. The summed E-state index contributed by atoms with van der Waals surface area (Å²) in [6.07, 6.45) is 0. The molecule has 0 unspecified atom stereocenters. The van der Waals surface area contributed by atoms with E-state index in [0.717, 1.165) is 28.1 Å². The van der Waals surface area contributed by atoms with Gasteiger partial charge in [0.1, 0.15) is 17.3 Å². The number of aromatic nitrogens is 1. The maximum absolute atomic E-state index is 13.0. The molecule has 0 aliphatic rings. The van der Waals surface area contributed by atoms with Crippen molar-refractivity contribution >= 4 is 0 Å². The van der Waals surface area contributed by atoms with E-state index in [2.05, 4.69) is 5.16 Å². The Kier molecular flexibility index (Phi) is 2.88. The van der Waals surface area contributed by atoms with Crippen molar-refractivity contribution in [2.24, 2.45) is 0 Å². The van der Waals surface area contributed by atoms with E-state index in [9.17, 15) is 4.39 Å². The van der Waals surface area contributed by atoms with Gasteiger partial charge in [-0.2, -0.15) is 0 Å². The topological polar surface area (TPSA) is 26.0 Å². The second kappa shape index (κ2) is 4.69. The predicted octanol–water partition coefficient (Wildman–Crippen LogP) is 4.46. The fraction of sp³-hybridized carbons (Fsp3) is 0.0625. The molecule has 0 radical (unpaired) electrons. The smallest absolute Gasteiger partial charge is 0.142 e. The average Bonchev–Trinajstić information content (AvgIpc) is 2.83. The lowest BCUT2D eigenvalue weighted by Gasteiger charge is -2.03. The Balaban J connectivity index is 2.17. The largest absolute Gasteiger partial charge is 0.360 e. The maximum Gasteiger partial charge on any atom is 0.142 e. The summed E-state index contributed by atoms with van der Waals surface area (Å²) in [4.78, 5) is 0. The van der Waals surface area contributed by atoms with Gasteiger partial charge in [-0.05, 0) is 24.6 Å². The lowest BCUT2D eigenvalue weighted by atomic mass is 9.99. The molecule has 0 saturated heterocycles. The Morgan fingerprint density at radius 3 is 2.26 bits per heavy atom. The number of nitrogens with zero attached hydrogens (tertiary/aromatic N) is 1. The van der Waals surface area contributed by atoms with Crippen molar-refractivity contribution in [1.82, 2.24) is 5.16 Å². The Labute approximate surface area is 110 Å². The molecule has 2 aromatic carbocycles. The first-order valence-electron chi connectivity index (χ1n) is 6.03. The summed E-state index contributed by atoms with van der Waals surface area (Å²) in [5.41, 5.74) is 3.58. The van der Waals surface area contributed by atoms with Crippen LogP contribution in [-0.4, -0.2) is 5.16 Å². The predicted molar refractivity (Wildman–Crippen MR) is 72.1 cm³/mol. The van der Waals surface area contributed by atoms with E-state index < -0.39 is 0 Å². The molecule has 19 heavy (non-hydrogen) atoms. The molecule has 0 fully saturated rings. The second-order valence-electron chi connectivity index (χ2n) is 4.34. The highest BCUT2D eigenvalue weighted by Gasteiger charge is 2.16. The molecule has 1 heterocycles. The fourth-order valence-corrected chi connectivity index (χ4v) is 2.12. The molecule has 0 spiro atoms. The lowest BCUT2D eigenvalue weighted by molar-refractivity contribution is 0.400. The number of rotatable bonds is 2. The SMILES string of the molecule is Cc1onc(-c2ccccc2)c1-c1ccc(F)cc1. The van der Waals surface area contributed by atoms with Gasteiger partial charge in [-0.1, -0.05) is 47.6 Å². The van der Waals surface area contributed by atoms with E-state index in [4.69, 9.17) is 4.52 Å². The molecular formula is C16H12FNO. The minimum atomic E-state index is -0.251. The molecular weight excluding hydrogens is 241 g/mol. The summed E-state index contributed by atoms with van der Waals surface area (Å²) in [7, 11) is 0. The van der Waals surface area contributed by atoms with Crippen LogP contribution >= 0.6 is 0 Å². The monoisotopic (exact) mass is 253 g/mol. The van der Waals surface area contributed by atoms with Gasteiger partial charge >= 0.3 is 0 Å². The number of halogens is 1. The van der Waals surface area contributed by atoms with Crippen LogP contribution in [0.1, 0.15) is 5.76 Å². The zero-order valence-electron chi connectivity index (χ0n) is 10.4. The van der Waals surface area contributed by atoms with E-state index in [-0.39, 0.29) is 5.82 Å². The molecule has 0 saturated carbocycles. The van der Waals surface area contributed by atoms with E-state index in [1.54, 1.807) is 12.1 Å². The van der Waals surface area contributed by atoms with Gasteiger partial charge in [0.2, 0.25) is 0 Å². The highest BCUT2D eigenvalue weighted by Crippen LogP contribution is 2.33. The third-order valence-corrected chi connectivity index (χ3v) is 3.04. The zero-order chi connectivity index (χ0) is 13.2. The first kappa shape index (κ1) is 11.7.